The minimum absolute atomic E-state index is 0.303. The van der Waals surface area contributed by atoms with Gasteiger partial charge in [0.1, 0.15) is 0 Å². The molecule has 0 saturated carbocycles. The maximum absolute atomic E-state index is 11.1. The van der Waals surface area contributed by atoms with Crippen molar-refractivity contribution >= 4 is 18.1 Å². The van der Waals surface area contributed by atoms with E-state index in [-0.39, 0.29) is 5.97 Å². The van der Waals surface area contributed by atoms with Crippen molar-refractivity contribution < 1.29 is 9.53 Å². The highest BCUT2D eigenvalue weighted by atomic mass is 16.5. The summed E-state index contributed by atoms with van der Waals surface area (Å²) in [5, 5.41) is 0. The maximum atomic E-state index is 11.1. The predicted octanol–water partition coefficient (Wildman–Crippen LogP) is 2.91. The molecule has 0 atom stereocenters. The summed E-state index contributed by atoms with van der Waals surface area (Å²) in [6.45, 7) is 5.40. The van der Waals surface area contributed by atoms with Crippen molar-refractivity contribution in [3.05, 3.63) is 47.5 Å². The molecule has 0 fully saturated rings. The zero-order valence-corrected chi connectivity index (χ0v) is 8.99. The molecule has 0 aliphatic heterocycles. The molecule has 0 spiro atoms. The summed E-state index contributed by atoms with van der Waals surface area (Å²) in [6.07, 6.45) is 3.57. The van der Waals surface area contributed by atoms with Crippen LogP contribution in [-0.4, -0.2) is 13.1 Å². The van der Waals surface area contributed by atoms with E-state index in [1.807, 2.05) is 24.3 Å². The molecular weight excluding hydrogens is 188 g/mol. The van der Waals surface area contributed by atoms with Gasteiger partial charge in [-0.15, -0.1) is 0 Å². The highest BCUT2D eigenvalue weighted by Gasteiger charge is 2.02. The lowest BCUT2D eigenvalue weighted by atomic mass is 10.1. The predicted molar refractivity (Wildman–Crippen MR) is 62.2 cm³/mol. The highest BCUT2D eigenvalue weighted by Crippen LogP contribution is 2.10. The van der Waals surface area contributed by atoms with E-state index in [9.17, 15) is 4.79 Å². The van der Waals surface area contributed by atoms with Crippen LogP contribution in [-0.2, 0) is 9.53 Å². The van der Waals surface area contributed by atoms with Gasteiger partial charge in [0, 0.05) is 5.57 Å². The topological polar surface area (TPSA) is 26.3 Å². The molecule has 0 radical (unpaired) electrons. The van der Waals surface area contributed by atoms with E-state index in [2.05, 4.69) is 11.3 Å². The van der Waals surface area contributed by atoms with Gasteiger partial charge in [0.25, 0.3) is 0 Å². The molecule has 0 unspecified atom stereocenters. The Morgan fingerprint density at radius 1 is 1.27 bits per heavy atom. The number of methoxy groups -OCH3 is 1. The monoisotopic (exact) mass is 202 g/mol. The number of carbonyl (C=O) groups excluding carboxylic acids is 1. The van der Waals surface area contributed by atoms with Gasteiger partial charge in [-0.1, -0.05) is 36.9 Å². The second-order valence-corrected chi connectivity index (χ2v) is 3.19. The van der Waals surface area contributed by atoms with Crippen LogP contribution in [0.15, 0.2) is 36.4 Å². The van der Waals surface area contributed by atoms with Crippen LogP contribution in [0.2, 0.25) is 0 Å². The summed E-state index contributed by atoms with van der Waals surface area (Å²) in [4.78, 5) is 11.1. The Morgan fingerprint density at radius 3 is 2.27 bits per heavy atom. The number of ether oxygens (including phenoxy) is 1. The van der Waals surface area contributed by atoms with Crippen molar-refractivity contribution in [3.63, 3.8) is 0 Å². The minimum atomic E-state index is -0.303. The van der Waals surface area contributed by atoms with Crippen LogP contribution in [0.3, 0.4) is 0 Å². The van der Waals surface area contributed by atoms with Gasteiger partial charge in [-0.3, -0.25) is 0 Å². The third-order valence-electron chi connectivity index (χ3n) is 2.06. The van der Waals surface area contributed by atoms with Crippen molar-refractivity contribution in [2.75, 3.05) is 7.11 Å². The maximum Gasteiger partial charge on any atom is 0.333 e. The minimum Gasteiger partial charge on any atom is -0.466 e. The summed E-state index contributed by atoms with van der Waals surface area (Å²) in [5.41, 5.74) is 2.62. The summed E-state index contributed by atoms with van der Waals surface area (Å²) in [6, 6.07) is 7.76. The van der Waals surface area contributed by atoms with Crippen molar-refractivity contribution in [2.24, 2.45) is 0 Å². The highest BCUT2D eigenvalue weighted by molar-refractivity contribution is 5.92. The fourth-order valence-corrected chi connectivity index (χ4v) is 1.20. The Morgan fingerprint density at radius 2 is 1.80 bits per heavy atom. The Labute approximate surface area is 89.9 Å². The quantitative estimate of drug-likeness (QED) is 0.556. The number of hydrogen-bond donors (Lipinski definition) is 0. The molecule has 0 heterocycles. The van der Waals surface area contributed by atoms with Crippen LogP contribution in [0, 0.1) is 0 Å². The van der Waals surface area contributed by atoms with Crippen LogP contribution in [0.1, 0.15) is 18.1 Å². The first-order chi connectivity index (χ1) is 7.17. The first kappa shape index (κ1) is 11.2. The van der Waals surface area contributed by atoms with E-state index in [0.29, 0.717) is 5.57 Å². The molecule has 0 aliphatic carbocycles. The number of carbonyl (C=O) groups is 1. The standard InChI is InChI=1S/C13H14O2/c1-4-11-5-7-12(8-6-11)9-10(2)13(14)15-3/h4-9H,1H2,2-3H3. The molecule has 0 aromatic heterocycles. The van der Waals surface area contributed by atoms with E-state index in [1.165, 1.54) is 7.11 Å². The smallest absolute Gasteiger partial charge is 0.333 e. The summed E-state index contributed by atoms with van der Waals surface area (Å²) >= 11 is 0. The average molecular weight is 202 g/mol. The fourth-order valence-electron chi connectivity index (χ4n) is 1.20. The summed E-state index contributed by atoms with van der Waals surface area (Å²) < 4.78 is 4.61. The van der Waals surface area contributed by atoms with Crippen LogP contribution in [0.5, 0.6) is 0 Å². The van der Waals surface area contributed by atoms with E-state index < -0.39 is 0 Å². The molecule has 0 N–H and O–H groups in total. The zero-order chi connectivity index (χ0) is 11.3. The lowest BCUT2D eigenvalue weighted by Crippen LogP contribution is -2.00. The SMILES string of the molecule is C=Cc1ccc(C=C(C)C(=O)OC)cc1. The van der Waals surface area contributed by atoms with Gasteiger partial charge in [-0.05, 0) is 24.1 Å². The molecule has 2 heteroatoms. The number of esters is 1. The van der Waals surface area contributed by atoms with Crippen LogP contribution >= 0.6 is 0 Å². The molecule has 0 amide bonds. The summed E-state index contributed by atoms with van der Waals surface area (Å²) in [5.74, 6) is -0.303. The molecule has 2 nitrogen and oxygen atoms in total. The second kappa shape index (κ2) is 5.15. The number of benzene rings is 1. The molecule has 1 aromatic carbocycles. The van der Waals surface area contributed by atoms with Crippen LogP contribution < -0.4 is 0 Å². The molecule has 15 heavy (non-hydrogen) atoms. The second-order valence-electron chi connectivity index (χ2n) is 3.19. The molecular formula is C13H14O2. The van der Waals surface area contributed by atoms with Crippen molar-refractivity contribution in [1.29, 1.82) is 0 Å². The lowest BCUT2D eigenvalue weighted by molar-refractivity contribution is -0.135. The largest absolute Gasteiger partial charge is 0.466 e. The van der Waals surface area contributed by atoms with E-state index in [0.717, 1.165) is 11.1 Å². The molecule has 0 saturated heterocycles. The van der Waals surface area contributed by atoms with Gasteiger partial charge in [-0.2, -0.15) is 0 Å². The Kier molecular flexibility index (Phi) is 3.86. The Hall–Kier alpha value is -1.83. The van der Waals surface area contributed by atoms with E-state index >= 15 is 0 Å². The third-order valence-corrected chi connectivity index (χ3v) is 2.06. The fraction of sp³-hybridized carbons (Fsp3) is 0.154. The van der Waals surface area contributed by atoms with Gasteiger partial charge < -0.3 is 4.74 Å². The van der Waals surface area contributed by atoms with Crippen molar-refractivity contribution in [3.8, 4) is 0 Å². The third kappa shape index (κ3) is 3.09. The Bertz CT molecular complexity index is 386. The van der Waals surface area contributed by atoms with Gasteiger partial charge >= 0.3 is 5.97 Å². The first-order valence-electron chi connectivity index (χ1n) is 4.66. The van der Waals surface area contributed by atoms with Gasteiger partial charge in [0.15, 0.2) is 0 Å². The number of rotatable bonds is 3. The lowest BCUT2D eigenvalue weighted by Gasteiger charge is -1.99. The van der Waals surface area contributed by atoms with E-state index in [1.54, 1.807) is 19.1 Å². The van der Waals surface area contributed by atoms with Crippen LogP contribution in [0.4, 0.5) is 0 Å². The molecule has 78 valence electrons. The molecule has 1 aromatic rings. The zero-order valence-electron chi connectivity index (χ0n) is 8.99. The van der Waals surface area contributed by atoms with Crippen LogP contribution in [0.25, 0.3) is 12.2 Å². The molecule has 0 aliphatic rings. The molecule has 1 rings (SSSR count). The average Bonchev–Trinajstić information content (AvgIpc) is 2.29. The molecule has 0 bridgehead atoms. The van der Waals surface area contributed by atoms with Gasteiger partial charge in [0.05, 0.1) is 7.11 Å². The van der Waals surface area contributed by atoms with Crippen molar-refractivity contribution in [1.82, 2.24) is 0 Å². The van der Waals surface area contributed by atoms with E-state index in [4.69, 9.17) is 0 Å². The summed E-state index contributed by atoms with van der Waals surface area (Å²) in [7, 11) is 1.38. The van der Waals surface area contributed by atoms with Gasteiger partial charge in [0.2, 0.25) is 0 Å². The first-order valence-corrected chi connectivity index (χ1v) is 4.66. The van der Waals surface area contributed by atoms with Crippen molar-refractivity contribution in [2.45, 2.75) is 6.92 Å². The normalized spacial score (nSPS) is 10.9. The van der Waals surface area contributed by atoms with Gasteiger partial charge in [-0.25, -0.2) is 4.79 Å². The number of hydrogen-bond acceptors (Lipinski definition) is 2. The Balaban J connectivity index is 2.88.